The molecular formula is C9H15NO. The van der Waals surface area contributed by atoms with Gasteiger partial charge in [0.25, 0.3) is 0 Å². The van der Waals surface area contributed by atoms with Crippen molar-refractivity contribution in [3.63, 3.8) is 0 Å². The van der Waals surface area contributed by atoms with Gasteiger partial charge in [0.15, 0.2) is 0 Å². The van der Waals surface area contributed by atoms with Gasteiger partial charge in [-0.1, -0.05) is 5.57 Å². The maximum atomic E-state index is 11.0. The zero-order valence-corrected chi connectivity index (χ0v) is 7.02. The average molecular weight is 153 g/mol. The van der Waals surface area contributed by atoms with Crippen LogP contribution >= 0.6 is 0 Å². The Kier molecular flexibility index (Phi) is 3.14. The number of hydrogen-bond donors (Lipinski definition) is 1. The van der Waals surface area contributed by atoms with Crippen molar-refractivity contribution < 1.29 is 4.79 Å². The third kappa shape index (κ3) is 2.74. The molecule has 1 aliphatic carbocycles. The van der Waals surface area contributed by atoms with Crippen LogP contribution in [0, 0.1) is 0 Å². The minimum Gasteiger partial charge on any atom is -0.353 e. The van der Waals surface area contributed by atoms with E-state index in [2.05, 4.69) is 5.32 Å². The van der Waals surface area contributed by atoms with Crippen molar-refractivity contribution in [2.24, 2.45) is 0 Å². The van der Waals surface area contributed by atoms with E-state index in [-0.39, 0.29) is 5.91 Å². The van der Waals surface area contributed by atoms with Crippen LogP contribution in [0.25, 0.3) is 0 Å². The Hall–Kier alpha value is -0.790. The molecule has 0 aromatic rings. The van der Waals surface area contributed by atoms with Gasteiger partial charge in [-0.3, -0.25) is 4.79 Å². The van der Waals surface area contributed by atoms with E-state index in [4.69, 9.17) is 0 Å². The van der Waals surface area contributed by atoms with E-state index in [1.165, 1.54) is 18.4 Å². The van der Waals surface area contributed by atoms with E-state index in [1.54, 1.807) is 6.08 Å². The fourth-order valence-corrected chi connectivity index (χ4v) is 1.38. The minimum atomic E-state index is 0.0735. The highest BCUT2D eigenvalue weighted by atomic mass is 16.1. The number of allylic oxidation sites excluding steroid dienone is 1. The molecule has 1 saturated carbocycles. The number of nitrogens with one attached hydrogen (secondary N) is 1. The van der Waals surface area contributed by atoms with Crippen LogP contribution in [0.15, 0.2) is 11.6 Å². The van der Waals surface area contributed by atoms with E-state index in [0.717, 1.165) is 19.4 Å². The quantitative estimate of drug-likeness (QED) is 0.600. The lowest BCUT2D eigenvalue weighted by molar-refractivity contribution is -0.116. The lowest BCUT2D eigenvalue weighted by atomic mass is 10.2. The van der Waals surface area contributed by atoms with Gasteiger partial charge < -0.3 is 5.32 Å². The molecule has 1 rings (SSSR count). The van der Waals surface area contributed by atoms with Crippen molar-refractivity contribution in [3.05, 3.63) is 11.6 Å². The summed E-state index contributed by atoms with van der Waals surface area (Å²) in [6.07, 6.45) is 6.52. The molecular weight excluding hydrogens is 138 g/mol. The van der Waals surface area contributed by atoms with Crippen LogP contribution in [0.3, 0.4) is 0 Å². The lowest BCUT2D eigenvalue weighted by Gasteiger charge is -1.97. The highest BCUT2D eigenvalue weighted by Gasteiger charge is 2.07. The van der Waals surface area contributed by atoms with Crippen LogP contribution in [-0.2, 0) is 4.79 Å². The van der Waals surface area contributed by atoms with Gasteiger partial charge in [-0.05, 0) is 32.6 Å². The molecule has 0 spiro atoms. The largest absolute Gasteiger partial charge is 0.353 e. The summed E-state index contributed by atoms with van der Waals surface area (Å²) in [7, 11) is 0. The second kappa shape index (κ2) is 4.16. The predicted octanol–water partition coefficient (Wildman–Crippen LogP) is 1.62. The summed E-state index contributed by atoms with van der Waals surface area (Å²) in [6.45, 7) is 2.66. The van der Waals surface area contributed by atoms with Crippen LogP contribution in [0.4, 0.5) is 0 Å². The highest BCUT2D eigenvalue weighted by molar-refractivity contribution is 5.88. The molecule has 0 unspecified atom stereocenters. The topological polar surface area (TPSA) is 29.1 Å². The minimum absolute atomic E-state index is 0.0735. The van der Waals surface area contributed by atoms with E-state index in [9.17, 15) is 4.79 Å². The summed E-state index contributed by atoms with van der Waals surface area (Å²) in [6, 6.07) is 0. The summed E-state index contributed by atoms with van der Waals surface area (Å²) in [5.74, 6) is 0.0735. The Balaban J connectivity index is 2.36. The third-order valence-electron chi connectivity index (χ3n) is 1.93. The van der Waals surface area contributed by atoms with Crippen LogP contribution < -0.4 is 5.32 Å². The first-order valence-electron chi connectivity index (χ1n) is 4.30. The Morgan fingerprint density at radius 2 is 2.18 bits per heavy atom. The van der Waals surface area contributed by atoms with Gasteiger partial charge in [0.1, 0.15) is 0 Å². The van der Waals surface area contributed by atoms with Crippen molar-refractivity contribution in [3.8, 4) is 0 Å². The smallest absolute Gasteiger partial charge is 0.243 e. The fraction of sp³-hybridized carbons (Fsp3) is 0.667. The molecule has 0 aromatic heterocycles. The molecule has 0 heterocycles. The second-order valence-corrected chi connectivity index (χ2v) is 2.90. The Morgan fingerprint density at radius 1 is 1.55 bits per heavy atom. The normalized spacial score (nSPS) is 16.6. The molecule has 11 heavy (non-hydrogen) atoms. The second-order valence-electron chi connectivity index (χ2n) is 2.90. The highest BCUT2D eigenvalue weighted by Crippen LogP contribution is 2.23. The Bertz CT molecular complexity index is 164. The molecule has 0 bridgehead atoms. The number of carbonyl (C=O) groups excluding carboxylic acids is 1. The summed E-state index contributed by atoms with van der Waals surface area (Å²) >= 11 is 0. The van der Waals surface area contributed by atoms with Gasteiger partial charge in [-0.2, -0.15) is 0 Å². The number of amides is 1. The van der Waals surface area contributed by atoms with Crippen LogP contribution in [0.2, 0.25) is 0 Å². The maximum Gasteiger partial charge on any atom is 0.243 e. The summed E-state index contributed by atoms with van der Waals surface area (Å²) in [4.78, 5) is 11.0. The molecule has 0 radical (unpaired) electrons. The molecule has 2 nitrogen and oxygen atoms in total. The molecule has 1 aliphatic rings. The maximum absolute atomic E-state index is 11.0. The van der Waals surface area contributed by atoms with Crippen molar-refractivity contribution >= 4 is 5.91 Å². The first-order chi connectivity index (χ1) is 5.33. The van der Waals surface area contributed by atoms with E-state index < -0.39 is 0 Å². The molecule has 1 fully saturated rings. The molecule has 0 atom stereocenters. The van der Waals surface area contributed by atoms with E-state index in [1.807, 2.05) is 6.92 Å². The zero-order valence-electron chi connectivity index (χ0n) is 7.02. The van der Waals surface area contributed by atoms with Gasteiger partial charge in [0.05, 0.1) is 0 Å². The monoisotopic (exact) mass is 153 g/mol. The molecule has 1 N–H and O–H groups in total. The zero-order chi connectivity index (χ0) is 8.10. The van der Waals surface area contributed by atoms with Crippen LogP contribution in [0.5, 0.6) is 0 Å². The molecule has 0 aliphatic heterocycles. The number of carbonyl (C=O) groups is 1. The predicted molar refractivity (Wildman–Crippen MR) is 45.2 cm³/mol. The van der Waals surface area contributed by atoms with Gasteiger partial charge in [-0.15, -0.1) is 0 Å². The molecule has 2 heteroatoms. The van der Waals surface area contributed by atoms with Gasteiger partial charge in [0, 0.05) is 12.6 Å². The fourth-order valence-electron chi connectivity index (χ4n) is 1.38. The number of likely N-dealkylation sites (N-methyl/N-ethyl adjacent to an activating group) is 1. The van der Waals surface area contributed by atoms with Crippen molar-refractivity contribution in [1.82, 2.24) is 5.32 Å². The van der Waals surface area contributed by atoms with Crippen LogP contribution in [-0.4, -0.2) is 12.5 Å². The summed E-state index contributed by atoms with van der Waals surface area (Å²) in [5, 5.41) is 2.76. The first kappa shape index (κ1) is 8.31. The summed E-state index contributed by atoms with van der Waals surface area (Å²) in [5.41, 5.74) is 1.32. The molecule has 62 valence electrons. The molecule has 0 aromatic carbocycles. The SMILES string of the molecule is CCNC(=O)C=C1CCCC1. The van der Waals surface area contributed by atoms with Crippen LogP contribution in [0.1, 0.15) is 32.6 Å². The molecule has 1 amide bonds. The van der Waals surface area contributed by atoms with Crippen molar-refractivity contribution in [1.29, 1.82) is 0 Å². The van der Waals surface area contributed by atoms with Crippen molar-refractivity contribution in [2.75, 3.05) is 6.54 Å². The Morgan fingerprint density at radius 3 is 2.73 bits per heavy atom. The van der Waals surface area contributed by atoms with E-state index >= 15 is 0 Å². The number of hydrogen-bond acceptors (Lipinski definition) is 1. The number of rotatable bonds is 2. The van der Waals surface area contributed by atoms with E-state index in [0.29, 0.717) is 0 Å². The molecule has 0 saturated heterocycles. The standard InChI is InChI=1S/C9H15NO/c1-2-10-9(11)7-8-5-3-4-6-8/h7H,2-6H2,1H3,(H,10,11). The average Bonchev–Trinajstić information content (AvgIpc) is 2.40. The van der Waals surface area contributed by atoms with Gasteiger partial charge in [0.2, 0.25) is 5.91 Å². The lowest BCUT2D eigenvalue weighted by Crippen LogP contribution is -2.20. The summed E-state index contributed by atoms with van der Waals surface area (Å²) < 4.78 is 0. The van der Waals surface area contributed by atoms with Crippen molar-refractivity contribution in [2.45, 2.75) is 32.6 Å². The van der Waals surface area contributed by atoms with Gasteiger partial charge in [-0.25, -0.2) is 0 Å². The third-order valence-corrected chi connectivity index (χ3v) is 1.93. The first-order valence-corrected chi connectivity index (χ1v) is 4.30. The Labute approximate surface area is 67.7 Å². The van der Waals surface area contributed by atoms with Gasteiger partial charge >= 0.3 is 0 Å².